The molecule has 0 aliphatic heterocycles. The van der Waals surface area contributed by atoms with E-state index in [1.165, 1.54) is 0 Å². The van der Waals surface area contributed by atoms with Crippen LogP contribution in [-0.4, -0.2) is 28.8 Å². The average Bonchev–Trinajstić information content (AvgIpc) is 2.08. The van der Waals surface area contributed by atoms with Crippen LogP contribution < -0.4 is 5.73 Å². The van der Waals surface area contributed by atoms with Crippen molar-refractivity contribution >= 4 is 8.56 Å². The van der Waals surface area contributed by atoms with Gasteiger partial charge < -0.3 is 14.6 Å². The molecule has 0 spiro atoms. The Morgan fingerprint density at radius 3 is 2.08 bits per heavy atom. The summed E-state index contributed by atoms with van der Waals surface area (Å²) in [5, 5.41) is 0. The van der Waals surface area contributed by atoms with Gasteiger partial charge in [-0.15, -0.1) is 0 Å². The third-order valence-electron chi connectivity index (χ3n) is 2.26. The van der Waals surface area contributed by atoms with Crippen LogP contribution >= 0.6 is 0 Å². The van der Waals surface area contributed by atoms with Gasteiger partial charge in [-0.2, -0.15) is 0 Å². The van der Waals surface area contributed by atoms with E-state index in [4.69, 9.17) is 14.6 Å². The summed E-state index contributed by atoms with van der Waals surface area (Å²) in [6, 6.07) is 2.23. The third kappa shape index (κ3) is 3.67. The number of nitrogens with two attached hydrogens (primary N) is 1. The zero-order valence-electron chi connectivity index (χ0n) is 8.59. The molecule has 0 aromatic heterocycles. The highest BCUT2D eigenvalue weighted by atomic mass is 28.4. The molecule has 0 aromatic carbocycles. The highest BCUT2D eigenvalue weighted by molar-refractivity contribution is 6.67. The van der Waals surface area contributed by atoms with E-state index in [1.807, 2.05) is 6.92 Å². The van der Waals surface area contributed by atoms with E-state index in [0.717, 1.165) is 18.5 Å². The summed E-state index contributed by atoms with van der Waals surface area (Å²) in [6.45, 7) is 4.13. The van der Waals surface area contributed by atoms with Crippen molar-refractivity contribution in [3.05, 3.63) is 0 Å². The lowest BCUT2D eigenvalue weighted by Gasteiger charge is -2.26. The molecule has 3 nitrogen and oxygen atoms in total. The maximum atomic E-state index is 5.67. The van der Waals surface area contributed by atoms with Gasteiger partial charge in [-0.1, -0.05) is 6.92 Å². The van der Waals surface area contributed by atoms with Crippen LogP contribution in [0.15, 0.2) is 0 Å². The van der Waals surface area contributed by atoms with Crippen molar-refractivity contribution in [3.63, 3.8) is 0 Å². The summed E-state index contributed by atoms with van der Waals surface area (Å²) < 4.78 is 10.9. The average molecular weight is 191 g/mol. The number of rotatable bonds is 6. The van der Waals surface area contributed by atoms with Crippen molar-refractivity contribution in [3.8, 4) is 0 Å². The van der Waals surface area contributed by atoms with Crippen molar-refractivity contribution in [1.29, 1.82) is 0 Å². The lowest BCUT2D eigenvalue weighted by atomic mass is 10.3. The van der Waals surface area contributed by atoms with Crippen molar-refractivity contribution in [2.45, 2.75) is 38.4 Å². The zero-order valence-corrected chi connectivity index (χ0v) is 9.59. The Hall–Kier alpha value is 0.0969. The topological polar surface area (TPSA) is 44.5 Å². The van der Waals surface area contributed by atoms with Crippen LogP contribution in [-0.2, 0) is 8.85 Å². The van der Waals surface area contributed by atoms with Crippen LogP contribution in [0.5, 0.6) is 0 Å². The van der Waals surface area contributed by atoms with E-state index in [0.29, 0.717) is 0 Å². The van der Waals surface area contributed by atoms with Gasteiger partial charge in [-0.3, -0.25) is 0 Å². The second kappa shape index (κ2) is 5.69. The van der Waals surface area contributed by atoms with Gasteiger partial charge in [0.05, 0.1) is 0 Å². The largest absolute Gasteiger partial charge is 0.398 e. The SMILES string of the molecule is CC[Si](CCC(C)N)(OC)OC. The fourth-order valence-electron chi connectivity index (χ4n) is 1.20. The maximum Gasteiger partial charge on any atom is 0.337 e. The predicted octanol–water partition coefficient (Wildman–Crippen LogP) is 1.48. The molecule has 0 saturated carbocycles. The molecule has 0 aliphatic rings. The Bertz CT molecular complexity index is 107. The minimum Gasteiger partial charge on any atom is -0.398 e. The van der Waals surface area contributed by atoms with Crippen LogP contribution in [0.25, 0.3) is 0 Å². The summed E-state index contributed by atoms with van der Waals surface area (Å²) in [7, 11) is 1.61. The molecule has 0 aromatic rings. The van der Waals surface area contributed by atoms with Gasteiger partial charge in [0, 0.05) is 20.3 Å². The number of hydrogen-bond acceptors (Lipinski definition) is 3. The van der Waals surface area contributed by atoms with Crippen LogP contribution in [0.1, 0.15) is 20.3 Å². The van der Waals surface area contributed by atoms with Crippen molar-refractivity contribution < 1.29 is 8.85 Å². The lowest BCUT2D eigenvalue weighted by molar-refractivity contribution is 0.241. The van der Waals surface area contributed by atoms with E-state index in [-0.39, 0.29) is 6.04 Å². The molecular formula is C8H21NO2Si. The molecule has 2 N–H and O–H groups in total. The highest BCUT2D eigenvalue weighted by Crippen LogP contribution is 2.19. The molecule has 0 bridgehead atoms. The van der Waals surface area contributed by atoms with E-state index in [2.05, 4.69) is 6.92 Å². The highest BCUT2D eigenvalue weighted by Gasteiger charge is 2.32. The van der Waals surface area contributed by atoms with Gasteiger partial charge in [0.2, 0.25) is 0 Å². The smallest absolute Gasteiger partial charge is 0.337 e. The molecule has 0 rings (SSSR count). The van der Waals surface area contributed by atoms with Gasteiger partial charge >= 0.3 is 8.56 Å². The molecule has 0 saturated heterocycles. The molecule has 1 unspecified atom stereocenters. The predicted molar refractivity (Wildman–Crippen MR) is 53.3 cm³/mol. The Labute approximate surface area is 76.5 Å². The minimum atomic E-state index is -1.86. The quantitative estimate of drug-likeness (QED) is 0.647. The standard InChI is InChI=1S/C8H21NO2Si/c1-5-12(10-3,11-4)7-6-8(2)9/h8H,5-7,9H2,1-4H3. The molecule has 12 heavy (non-hydrogen) atoms. The molecule has 74 valence electrons. The first-order chi connectivity index (χ1) is 5.60. The first-order valence-electron chi connectivity index (χ1n) is 4.46. The van der Waals surface area contributed by atoms with Gasteiger partial charge in [-0.25, -0.2) is 0 Å². The van der Waals surface area contributed by atoms with Crippen molar-refractivity contribution in [2.24, 2.45) is 5.73 Å². The van der Waals surface area contributed by atoms with Gasteiger partial charge in [0.25, 0.3) is 0 Å². The molecule has 0 fully saturated rings. The third-order valence-corrected chi connectivity index (χ3v) is 5.88. The Morgan fingerprint density at radius 1 is 1.33 bits per heavy atom. The monoisotopic (exact) mass is 191 g/mol. The summed E-state index contributed by atoms with van der Waals surface area (Å²) >= 11 is 0. The molecular weight excluding hydrogens is 170 g/mol. The van der Waals surface area contributed by atoms with Crippen molar-refractivity contribution in [1.82, 2.24) is 0 Å². The lowest BCUT2D eigenvalue weighted by Crippen LogP contribution is -2.40. The summed E-state index contributed by atoms with van der Waals surface area (Å²) in [5.74, 6) is 0. The van der Waals surface area contributed by atoms with Crippen LogP contribution in [0, 0.1) is 0 Å². The summed E-state index contributed by atoms with van der Waals surface area (Å²) in [5.41, 5.74) is 5.67. The summed E-state index contributed by atoms with van der Waals surface area (Å²) in [4.78, 5) is 0. The Morgan fingerprint density at radius 2 is 1.83 bits per heavy atom. The number of hydrogen-bond donors (Lipinski definition) is 1. The molecule has 0 aliphatic carbocycles. The fourth-order valence-corrected chi connectivity index (χ4v) is 3.60. The fraction of sp³-hybridized carbons (Fsp3) is 1.00. The molecule has 0 heterocycles. The Balaban J connectivity index is 3.93. The first-order valence-corrected chi connectivity index (χ1v) is 6.69. The van der Waals surface area contributed by atoms with Crippen LogP contribution in [0.3, 0.4) is 0 Å². The van der Waals surface area contributed by atoms with E-state index >= 15 is 0 Å². The summed E-state index contributed by atoms with van der Waals surface area (Å²) in [6.07, 6.45) is 0.988. The second-order valence-corrected chi connectivity index (χ2v) is 7.03. The molecule has 4 heteroatoms. The molecule has 0 radical (unpaired) electrons. The van der Waals surface area contributed by atoms with Crippen LogP contribution in [0.4, 0.5) is 0 Å². The van der Waals surface area contributed by atoms with E-state index in [9.17, 15) is 0 Å². The van der Waals surface area contributed by atoms with Gasteiger partial charge in [0.15, 0.2) is 0 Å². The van der Waals surface area contributed by atoms with Crippen LogP contribution in [0.2, 0.25) is 12.1 Å². The van der Waals surface area contributed by atoms with Crippen molar-refractivity contribution in [2.75, 3.05) is 14.2 Å². The minimum absolute atomic E-state index is 0.244. The maximum absolute atomic E-state index is 5.67. The van der Waals surface area contributed by atoms with Gasteiger partial charge in [0.1, 0.15) is 0 Å². The molecule has 0 amide bonds. The van der Waals surface area contributed by atoms with E-state index < -0.39 is 8.56 Å². The molecule has 1 atom stereocenters. The van der Waals surface area contributed by atoms with Gasteiger partial charge in [-0.05, 0) is 25.4 Å². The Kier molecular flexibility index (Phi) is 5.74. The second-order valence-electron chi connectivity index (χ2n) is 3.19. The first kappa shape index (κ1) is 12.1. The zero-order chi connectivity index (χ0) is 9.61. The van der Waals surface area contributed by atoms with E-state index in [1.54, 1.807) is 14.2 Å². The normalized spacial score (nSPS) is 14.8.